The van der Waals surface area contributed by atoms with Crippen molar-refractivity contribution in [2.75, 3.05) is 26.9 Å². The number of amides is 3. The van der Waals surface area contributed by atoms with Crippen molar-refractivity contribution in [3.63, 3.8) is 0 Å². The van der Waals surface area contributed by atoms with Gasteiger partial charge in [0.2, 0.25) is 0 Å². The molecule has 0 bridgehead atoms. The number of ether oxygens (including phenoxy) is 2. The van der Waals surface area contributed by atoms with Crippen LogP contribution in [0.3, 0.4) is 0 Å². The molecule has 8 heteroatoms. The number of rotatable bonds is 9. The number of esters is 1. The first-order chi connectivity index (χ1) is 14.5. The lowest BCUT2D eigenvalue weighted by molar-refractivity contribution is -0.124. The van der Waals surface area contributed by atoms with Crippen LogP contribution in [0.5, 0.6) is 0 Å². The number of nitrogens with zero attached hydrogens (tertiary/aromatic N) is 1. The second kappa shape index (κ2) is 9.80. The second-order valence-electron chi connectivity index (χ2n) is 6.71. The standard InChI is InChI=1S/C22H22N2O6/c1-29-11-5-10-24-20(26)17-9-8-16(12-18(17)21(24)27)22(28)30-14-19(25)23-13-15-6-3-2-4-7-15/h2-4,6-9,12H,5,10-11,13-14H2,1H3,(H,23,25). The van der Waals surface area contributed by atoms with Gasteiger partial charge in [-0.3, -0.25) is 19.3 Å². The predicted molar refractivity (Wildman–Crippen MR) is 107 cm³/mol. The Morgan fingerprint density at radius 3 is 2.47 bits per heavy atom. The van der Waals surface area contributed by atoms with Gasteiger partial charge < -0.3 is 14.8 Å². The Hall–Kier alpha value is -3.52. The monoisotopic (exact) mass is 410 g/mol. The number of fused-ring (bicyclic) bond motifs is 1. The number of benzene rings is 2. The van der Waals surface area contributed by atoms with Crippen LogP contribution in [0.4, 0.5) is 0 Å². The fourth-order valence-corrected chi connectivity index (χ4v) is 3.05. The molecule has 0 spiro atoms. The van der Waals surface area contributed by atoms with Gasteiger partial charge in [0, 0.05) is 26.8 Å². The van der Waals surface area contributed by atoms with Crippen molar-refractivity contribution < 1.29 is 28.7 Å². The maximum atomic E-state index is 12.5. The Kier molecular flexibility index (Phi) is 6.92. The van der Waals surface area contributed by atoms with E-state index < -0.39 is 30.3 Å². The number of carbonyl (C=O) groups is 4. The lowest BCUT2D eigenvalue weighted by Crippen LogP contribution is -2.31. The van der Waals surface area contributed by atoms with E-state index in [0.717, 1.165) is 10.5 Å². The summed E-state index contributed by atoms with van der Waals surface area (Å²) in [6, 6.07) is 13.5. The minimum Gasteiger partial charge on any atom is -0.452 e. The highest BCUT2D eigenvalue weighted by molar-refractivity contribution is 6.21. The van der Waals surface area contributed by atoms with E-state index in [1.54, 1.807) is 7.11 Å². The molecule has 1 heterocycles. The Morgan fingerprint density at radius 2 is 1.73 bits per heavy atom. The fourth-order valence-electron chi connectivity index (χ4n) is 3.05. The molecule has 0 fully saturated rings. The van der Waals surface area contributed by atoms with Crippen LogP contribution in [-0.4, -0.2) is 55.5 Å². The smallest absolute Gasteiger partial charge is 0.338 e. The zero-order valence-corrected chi connectivity index (χ0v) is 16.6. The van der Waals surface area contributed by atoms with E-state index in [0.29, 0.717) is 19.6 Å². The average molecular weight is 410 g/mol. The van der Waals surface area contributed by atoms with Crippen LogP contribution in [0.25, 0.3) is 0 Å². The molecule has 3 amide bonds. The van der Waals surface area contributed by atoms with Crippen LogP contribution < -0.4 is 5.32 Å². The molecule has 3 rings (SSSR count). The predicted octanol–water partition coefficient (Wildman–Crippen LogP) is 1.79. The number of hydrogen-bond donors (Lipinski definition) is 1. The first-order valence-corrected chi connectivity index (χ1v) is 9.48. The highest BCUT2D eigenvalue weighted by Gasteiger charge is 2.35. The third kappa shape index (κ3) is 4.90. The molecule has 0 radical (unpaired) electrons. The highest BCUT2D eigenvalue weighted by Crippen LogP contribution is 2.24. The summed E-state index contributed by atoms with van der Waals surface area (Å²) >= 11 is 0. The summed E-state index contributed by atoms with van der Waals surface area (Å²) in [5.74, 6) is -2.04. The van der Waals surface area contributed by atoms with Crippen molar-refractivity contribution in [3.05, 3.63) is 70.8 Å². The van der Waals surface area contributed by atoms with Crippen molar-refractivity contribution in [1.29, 1.82) is 0 Å². The number of hydrogen-bond acceptors (Lipinski definition) is 6. The average Bonchev–Trinajstić information content (AvgIpc) is 3.01. The van der Waals surface area contributed by atoms with Crippen molar-refractivity contribution in [1.82, 2.24) is 10.2 Å². The van der Waals surface area contributed by atoms with Crippen molar-refractivity contribution in [3.8, 4) is 0 Å². The normalized spacial score (nSPS) is 12.6. The van der Waals surface area contributed by atoms with Crippen LogP contribution in [-0.2, 0) is 20.8 Å². The molecule has 0 unspecified atom stereocenters. The van der Waals surface area contributed by atoms with Gasteiger partial charge in [-0.2, -0.15) is 0 Å². The Morgan fingerprint density at radius 1 is 1.00 bits per heavy atom. The van der Waals surface area contributed by atoms with Crippen LogP contribution in [0.2, 0.25) is 0 Å². The van der Waals surface area contributed by atoms with Gasteiger partial charge in [-0.25, -0.2) is 4.79 Å². The molecule has 0 aliphatic carbocycles. The van der Waals surface area contributed by atoms with Crippen LogP contribution in [0.1, 0.15) is 43.1 Å². The Balaban J connectivity index is 1.56. The van der Waals surface area contributed by atoms with Gasteiger partial charge >= 0.3 is 5.97 Å². The van der Waals surface area contributed by atoms with E-state index >= 15 is 0 Å². The summed E-state index contributed by atoms with van der Waals surface area (Å²) in [5.41, 5.74) is 1.42. The first-order valence-electron chi connectivity index (χ1n) is 9.48. The molecule has 156 valence electrons. The van der Waals surface area contributed by atoms with Gasteiger partial charge in [-0.05, 0) is 30.2 Å². The van der Waals surface area contributed by atoms with Crippen molar-refractivity contribution in [2.45, 2.75) is 13.0 Å². The molecule has 8 nitrogen and oxygen atoms in total. The molecule has 2 aromatic carbocycles. The van der Waals surface area contributed by atoms with Gasteiger partial charge in [0.15, 0.2) is 6.61 Å². The summed E-state index contributed by atoms with van der Waals surface area (Å²) in [7, 11) is 1.54. The summed E-state index contributed by atoms with van der Waals surface area (Å²) in [4.78, 5) is 50.2. The first kappa shape index (κ1) is 21.2. The minimum atomic E-state index is -0.745. The Labute approximate surface area is 173 Å². The van der Waals surface area contributed by atoms with Gasteiger partial charge in [0.1, 0.15) is 0 Å². The maximum Gasteiger partial charge on any atom is 0.338 e. The third-order valence-corrected chi connectivity index (χ3v) is 4.60. The van der Waals surface area contributed by atoms with E-state index in [1.165, 1.54) is 18.2 Å². The third-order valence-electron chi connectivity index (χ3n) is 4.60. The molecule has 0 saturated heterocycles. The minimum absolute atomic E-state index is 0.101. The zero-order chi connectivity index (χ0) is 21.5. The molecule has 2 aromatic rings. The van der Waals surface area contributed by atoms with Gasteiger partial charge in [-0.1, -0.05) is 30.3 Å². The lowest BCUT2D eigenvalue weighted by Gasteiger charge is -2.12. The molecule has 1 N–H and O–H groups in total. The van der Waals surface area contributed by atoms with E-state index in [2.05, 4.69) is 5.32 Å². The molecule has 1 aliphatic rings. The van der Waals surface area contributed by atoms with Crippen LogP contribution in [0, 0.1) is 0 Å². The number of carbonyl (C=O) groups excluding carboxylic acids is 4. The van der Waals surface area contributed by atoms with E-state index in [-0.39, 0.29) is 23.2 Å². The largest absolute Gasteiger partial charge is 0.452 e. The number of imide groups is 1. The molecule has 30 heavy (non-hydrogen) atoms. The second-order valence-corrected chi connectivity index (χ2v) is 6.71. The van der Waals surface area contributed by atoms with Crippen molar-refractivity contribution in [2.24, 2.45) is 0 Å². The summed E-state index contributed by atoms with van der Waals surface area (Å²) in [6.07, 6.45) is 0.523. The maximum absolute atomic E-state index is 12.5. The van der Waals surface area contributed by atoms with E-state index in [9.17, 15) is 19.2 Å². The fraction of sp³-hybridized carbons (Fsp3) is 0.273. The van der Waals surface area contributed by atoms with Crippen LogP contribution in [0.15, 0.2) is 48.5 Å². The van der Waals surface area contributed by atoms with E-state index in [4.69, 9.17) is 9.47 Å². The summed E-state index contributed by atoms with van der Waals surface area (Å²) in [6.45, 7) is 0.545. The van der Waals surface area contributed by atoms with E-state index in [1.807, 2.05) is 30.3 Å². The highest BCUT2D eigenvalue weighted by atomic mass is 16.5. The quantitative estimate of drug-likeness (QED) is 0.384. The zero-order valence-electron chi connectivity index (χ0n) is 16.6. The molecular formula is C22H22N2O6. The van der Waals surface area contributed by atoms with Gasteiger partial charge in [-0.15, -0.1) is 0 Å². The molecule has 0 saturated carbocycles. The SMILES string of the molecule is COCCCN1C(=O)c2ccc(C(=O)OCC(=O)NCc3ccccc3)cc2C1=O. The Bertz CT molecular complexity index is 957. The lowest BCUT2D eigenvalue weighted by atomic mass is 10.1. The van der Waals surface area contributed by atoms with Crippen LogP contribution >= 0.6 is 0 Å². The molecule has 1 aliphatic heterocycles. The van der Waals surface area contributed by atoms with Gasteiger partial charge in [0.05, 0.1) is 16.7 Å². The summed E-state index contributed by atoms with van der Waals surface area (Å²) < 4.78 is 9.97. The molecule has 0 atom stereocenters. The summed E-state index contributed by atoms with van der Waals surface area (Å²) in [5, 5.41) is 2.66. The number of methoxy groups -OCH3 is 1. The number of nitrogens with one attached hydrogen (secondary N) is 1. The topological polar surface area (TPSA) is 102 Å². The van der Waals surface area contributed by atoms with Gasteiger partial charge in [0.25, 0.3) is 17.7 Å². The van der Waals surface area contributed by atoms with Crippen molar-refractivity contribution >= 4 is 23.7 Å². The molecule has 0 aromatic heterocycles. The molecular weight excluding hydrogens is 388 g/mol.